The molecule has 2 aliphatic rings. The van der Waals surface area contributed by atoms with Crippen LogP contribution in [0.15, 0.2) is 0 Å². The number of hydrogen-bond donors (Lipinski definition) is 1. The minimum Gasteiger partial charge on any atom is -0.329 e. The highest BCUT2D eigenvalue weighted by molar-refractivity contribution is 4.84. The lowest BCUT2D eigenvalue weighted by atomic mass is 9.92. The van der Waals surface area contributed by atoms with Crippen LogP contribution in [0.3, 0.4) is 0 Å². The lowest BCUT2D eigenvalue weighted by Gasteiger charge is -2.42. The summed E-state index contributed by atoms with van der Waals surface area (Å²) in [5, 5.41) is 0. The zero-order valence-electron chi connectivity index (χ0n) is 11.4. The van der Waals surface area contributed by atoms with Crippen LogP contribution >= 0.6 is 0 Å². The first kappa shape index (κ1) is 13.3. The molecule has 0 aromatic carbocycles. The molecular weight excluding hydrogens is 210 g/mol. The highest BCUT2D eigenvalue weighted by atomic mass is 15.2. The summed E-state index contributed by atoms with van der Waals surface area (Å²) < 4.78 is 0. The molecule has 17 heavy (non-hydrogen) atoms. The third-order valence-electron chi connectivity index (χ3n) is 4.62. The van der Waals surface area contributed by atoms with Crippen molar-refractivity contribution in [2.75, 3.05) is 33.2 Å². The number of rotatable bonds is 4. The van der Waals surface area contributed by atoms with Gasteiger partial charge in [-0.05, 0) is 39.3 Å². The summed E-state index contributed by atoms with van der Waals surface area (Å²) in [5.41, 5.74) is 5.66. The molecule has 1 unspecified atom stereocenters. The fraction of sp³-hybridized carbons (Fsp3) is 1.00. The van der Waals surface area contributed by atoms with Gasteiger partial charge in [0.25, 0.3) is 0 Å². The second kappa shape index (κ2) is 6.72. The molecule has 100 valence electrons. The Morgan fingerprint density at radius 2 is 1.88 bits per heavy atom. The normalized spacial score (nSPS) is 28.8. The van der Waals surface area contributed by atoms with Crippen LogP contribution in [0, 0.1) is 0 Å². The van der Waals surface area contributed by atoms with Crippen molar-refractivity contribution in [2.45, 2.75) is 57.0 Å². The molecule has 2 rings (SSSR count). The number of likely N-dealkylation sites (tertiary alicyclic amines) is 1. The van der Waals surface area contributed by atoms with E-state index in [0.717, 1.165) is 25.2 Å². The van der Waals surface area contributed by atoms with Gasteiger partial charge in [-0.2, -0.15) is 0 Å². The van der Waals surface area contributed by atoms with Crippen LogP contribution in [0.5, 0.6) is 0 Å². The predicted octanol–water partition coefficient (Wildman–Crippen LogP) is 1.67. The molecule has 1 heterocycles. The molecule has 0 amide bonds. The largest absolute Gasteiger partial charge is 0.329 e. The van der Waals surface area contributed by atoms with E-state index in [1.807, 2.05) is 0 Å². The predicted molar refractivity (Wildman–Crippen MR) is 73.2 cm³/mol. The van der Waals surface area contributed by atoms with Crippen molar-refractivity contribution >= 4 is 0 Å². The Kier molecular flexibility index (Phi) is 5.26. The van der Waals surface area contributed by atoms with Crippen molar-refractivity contribution in [3.8, 4) is 0 Å². The first-order chi connectivity index (χ1) is 8.31. The van der Waals surface area contributed by atoms with Gasteiger partial charge in [-0.15, -0.1) is 0 Å². The first-order valence-corrected chi connectivity index (χ1v) is 7.45. The van der Waals surface area contributed by atoms with Gasteiger partial charge in [0, 0.05) is 31.7 Å². The van der Waals surface area contributed by atoms with Crippen molar-refractivity contribution in [1.82, 2.24) is 9.80 Å². The minimum atomic E-state index is 0.745. The summed E-state index contributed by atoms with van der Waals surface area (Å²) in [6, 6.07) is 1.63. The summed E-state index contributed by atoms with van der Waals surface area (Å²) >= 11 is 0. The van der Waals surface area contributed by atoms with Gasteiger partial charge in [0.2, 0.25) is 0 Å². The maximum atomic E-state index is 5.66. The van der Waals surface area contributed by atoms with Gasteiger partial charge in [0.05, 0.1) is 0 Å². The van der Waals surface area contributed by atoms with Crippen LogP contribution in [0.1, 0.15) is 44.9 Å². The van der Waals surface area contributed by atoms with Gasteiger partial charge < -0.3 is 10.6 Å². The van der Waals surface area contributed by atoms with Crippen LogP contribution in [0.2, 0.25) is 0 Å². The summed E-state index contributed by atoms with van der Waals surface area (Å²) in [7, 11) is 2.24. The van der Waals surface area contributed by atoms with Gasteiger partial charge in [-0.1, -0.05) is 19.3 Å². The van der Waals surface area contributed by atoms with E-state index in [1.165, 1.54) is 58.0 Å². The Morgan fingerprint density at radius 3 is 2.59 bits per heavy atom. The standard InChI is InChI=1S/C14H29N3/c1-16(11-9-15)14-8-5-10-17(12-14)13-6-3-2-4-7-13/h13-14H,2-12,15H2,1H3. The molecule has 1 atom stereocenters. The molecule has 0 spiro atoms. The Bertz CT molecular complexity index is 214. The molecule has 1 aliphatic carbocycles. The van der Waals surface area contributed by atoms with E-state index in [9.17, 15) is 0 Å². The van der Waals surface area contributed by atoms with E-state index in [1.54, 1.807) is 0 Å². The monoisotopic (exact) mass is 239 g/mol. The Labute approximate surface area is 106 Å². The van der Waals surface area contributed by atoms with Crippen LogP contribution in [0.25, 0.3) is 0 Å². The highest BCUT2D eigenvalue weighted by Gasteiger charge is 2.28. The summed E-state index contributed by atoms with van der Waals surface area (Å²) in [4.78, 5) is 5.23. The van der Waals surface area contributed by atoms with Gasteiger partial charge in [-0.3, -0.25) is 4.90 Å². The van der Waals surface area contributed by atoms with Gasteiger partial charge in [0.15, 0.2) is 0 Å². The van der Waals surface area contributed by atoms with Crippen molar-refractivity contribution in [3.63, 3.8) is 0 Å². The molecule has 2 N–H and O–H groups in total. The number of nitrogens with two attached hydrogens (primary N) is 1. The second-order valence-electron chi connectivity index (χ2n) is 5.85. The average Bonchev–Trinajstić information content (AvgIpc) is 2.40. The maximum Gasteiger partial charge on any atom is 0.0221 e. The second-order valence-corrected chi connectivity index (χ2v) is 5.85. The first-order valence-electron chi connectivity index (χ1n) is 7.45. The zero-order chi connectivity index (χ0) is 12.1. The van der Waals surface area contributed by atoms with Crippen LogP contribution in [-0.2, 0) is 0 Å². The van der Waals surface area contributed by atoms with Crippen LogP contribution in [0.4, 0.5) is 0 Å². The van der Waals surface area contributed by atoms with E-state index in [-0.39, 0.29) is 0 Å². The van der Waals surface area contributed by atoms with Gasteiger partial charge in [0.1, 0.15) is 0 Å². The third kappa shape index (κ3) is 3.67. The maximum absolute atomic E-state index is 5.66. The Hall–Kier alpha value is -0.120. The molecule has 2 fully saturated rings. The van der Waals surface area contributed by atoms with Crippen LogP contribution < -0.4 is 5.73 Å². The molecule has 0 aromatic heterocycles. The molecule has 0 aromatic rings. The Balaban J connectivity index is 1.83. The lowest BCUT2D eigenvalue weighted by molar-refractivity contribution is 0.0704. The average molecular weight is 239 g/mol. The van der Waals surface area contributed by atoms with Crippen LogP contribution in [-0.4, -0.2) is 55.1 Å². The fourth-order valence-electron chi connectivity index (χ4n) is 3.51. The van der Waals surface area contributed by atoms with Crippen molar-refractivity contribution in [2.24, 2.45) is 5.73 Å². The molecule has 1 saturated heterocycles. The van der Waals surface area contributed by atoms with Crippen molar-refractivity contribution < 1.29 is 0 Å². The number of nitrogens with zero attached hydrogens (tertiary/aromatic N) is 2. The molecule has 3 heteroatoms. The fourth-order valence-corrected chi connectivity index (χ4v) is 3.51. The number of likely N-dealkylation sites (N-methyl/N-ethyl adjacent to an activating group) is 1. The molecule has 0 radical (unpaired) electrons. The molecular formula is C14H29N3. The minimum absolute atomic E-state index is 0.745. The molecule has 0 bridgehead atoms. The molecule has 3 nitrogen and oxygen atoms in total. The quantitative estimate of drug-likeness (QED) is 0.810. The third-order valence-corrected chi connectivity index (χ3v) is 4.62. The summed E-state index contributed by atoms with van der Waals surface area (Å²) in [6.45, 7) is 4.44. The van der Waals surface area contributed by atoms with E-state index >= 15 is 0 Å². The Morgan fingerprint density at radius 1 is 1.12 bits per heavy atom. The van der Waals surface area contributed by atoms with E-state index in [4.69, 9.17) is 5.73 Å². The smallest absolute Gasteiger partial charge is 0.0221 e. The number of hydrogen-bond acceptors (Lipinski definition) is 3. The SMILES string of the molecule is CN(CCN)C1CCCN(C2CCCCC2)C1. The van der Waals surface area contributed by atoms with Crippen molar-refractivity contribution in [3.05, 3.63) is 0 Å². The highest BCUT2D eigenvalue weighted by Crippen LogP contribution is 2.26. The van der Waals surface area contributed by atoms with E-state index < -0.39 is 0 Å². The topological polar surface area (TPSA) is 32.5 Å². The summed E-state index contributed by atoms with van der Waals surface area (Å²) in [5.74, 6) is 0. The molecule has 1 aliphatic heterocycles. The lowest BCUT2D eigenvalue weighted by Crippen LogP contribution is -2.51. The van der Waals surface area contributed by atoms with Crippen molar-refractivity contribution in [1.29, 1.82) is 0 Å². The number of piperidine rings is 1. The van der Waals surface area contributed by atoms with Gasteiger partial charge >= 0.3 is 0 Å². The van der Waals surface area contributed by atoms with E-state index in [2.05, 4.69) is 16.8 Å². The van der Waals surface area contributed by atoms with Gasteiger partial charge in [-0.25, -0.2) is 0 Å². The molecule has 1 saturated carbocycles. The summed E-state index contributed by atoms with van der Waals surface area (Å²) in [6.07, 6.45) is 9.96. The zero-order valence-corrected chi connectivity index (χ0v) is 11.4. The van der Waals surface area contributed by atoms with E-state index in [0.29, 0.717) is 0 Å².